The van der Waals surface area contributed by atoms with Crippen LogP contribution >= 0.6 is 0 Å². The molecule has 2 atom stereocenters. The number of cyclic esters (lactones) is 1. The van der Waals surface area contributed by atoms with Gasteiger partial charge in [0.2, 0.25) is 5.91 Å². The predicted octanol–water partition coefficient (Wildman–Crippen LogP) is 1.64. The molecule has 1 aromatic carbocycles. The molecule has 7 heteroatoms. The van der Waals surface area contributed by atoms with Gasteiger partial charge in [0.05, 0.1) is 19.1 Å². The van der Waals surface area contributed by atoms with Gasteiger partial charge in [0, 0.05) is 12.5 Å². The number of ether oxygens (including phenoxy) is 3. The lowest BCUT2D eigenvalue weighted by atomic mass is 10.0. The summed E-state index contributed by atoms with van der Waals surface area (Å²) >= 11 is 0. The normalized spacial score (nSPS) is 21.6. The van der Waals surface area contributed by atoms with Gasteiger partial charge >= 0.3 is 6.09 Å². The first-order chi connectivity index (χ1) is 11.1. The molecule has 124 valence electrons. The summed E-state index contributed by atoms with van der Waals surface area (Å²) < 4.78 is 15.8. The molecule has 2 amide bonds. The molecule has 1 N–H and O–H groups in total. The van der Waals surface area contributed by atoms with Crippen molar-refractivity contribution in [2.24, 2.45) is 0 Å². The molecule has 1 fully saturated rings. The van der Waals surface area contributed by atoms with E-state index in [9.17, 15) is 14.7 Å². The summed E-state index contributed by atoms with van der Waals surface area (Å²) in [5, 5.41) is 10.3. The molecule has 2 aliphatic heterocycles. The number of hydrogen-bond acceptors (Lipinski definition) is 6. The second kappa shape index (κ2) is 6.45. The Kier molecular flexibility index (Phi) is 4.38. The number of nitrogens with zero attached hydrogens (tertiary/aromatic N) is 1. The molecule has 0 bridgehead atoms. The molecule has 0 radical (unpaired) electrons. The molecule has 0 aliphatic carbocycles. The second-order valence-corrected chi connectivity index (χ2v) is 5.64. The Bertz CT molecular complexity index is 617. The molecule has 3 rings (SSSR count). The Morgan fingerprint density at radius 1 is 1.26 bits per heavy atom. The summed E-state index contributed by atoms with van der Waals surface area (Å²) in [6.45, 7) is 3.04. The van der Waals surface area contributed by atoms with Gasteiger partial charge in [-0.25, -0.2) is 9.69 Å². The molecule has 0 spiro atoms. The Morgan fingerprint density at radius 2 is 2.00 bits per heavy atom. The summed E-state index contributed by atoms with van der Waals surface area (Å²) in [7, 11) is 0. The minimum absolute atomic E-state index is 0.195. The lowest BCUT2D eigenvalue weighted by Gasteiger charge is -2.31. The van der Waals surface area contributed by atoms with Gasteiger partial charge in [-0.15, -0.1) is 0 Å². The SMILES string of the molecule is CC1CCOC(=O)N1C(=O)CC(O)c1ccc2c(c1)OCCO2. The monoisotopic (exact) mass is 321 g/mol. The third-order valence-corrected chi connectivity index (χ3v) is 3.99. The van der Waals surface area contributed by atoms with Crippen molar-refractivity contribution in [1.82, 2.24) is 4.90 Å². The van der Waals surface area contributed by atoms with Gasteiger partial charge < -0.3 is 19.3 Å². The molecule has 0 saturated carbocycles. The minimum atomic E-state index is -1.03. The van der Waals surface area contributed by atoms with Gasteiger partial charge in [0.15, 0.2) is 11.5 Å². The van der Waals surface area contributed by atoms with Gasteiger partial charge in [-0.05, 0) is 24.6 Å². The summed E-state index contributed by atoms with van der Waals surface area (Å²) in [6.07, 6.45) is -1.28. The number of aliphatic hydroxyl groups excluding tert-OH is 1. The van der Waals surface area contributed by atoms with Crippen molar-refractivity contribution in [3.05, 3.63) is 23.8 Å². The Morgan fingerprint density at radius 3 is 2.74 bits per heavy atom. The van der Waals surface area contributed by atoms with Crippen molar-refractivity contribution in [2.45, 2.75) is 31.9 Å². The molecular weight excluding hydrogens is 302 g/mol. The van der Waals surface area contributed by atoms with Crippen molar-refractivity contribution in [1.29, 1.82) is 0 Å². The number of benzene rings is 1. The second-order valence-electron chi connectivity index (χ2n) is 5.64. The van der Waals surface area contributed by atoms with E-state index in [0.29, 0.717) is 43.3 Å². The lowest BCUT2D eigenvalue weighted by Crippen LogP contribution is -2.48. The fraction of sp³-hybridized carbons (Fsp3) is 0.500. The topological polar surface area (TPSA) is 85.3 Å². The zero-order valence-corrected chi connectivity index (χ0v) is 12.9. The van der Waals surface area contributed by atoms with Crippen LogP contribution in [0.2, 0.25) is 0 Å². The summed E-state index contributed by atoms with van der Waals surface area (Å²) in [5.74, 6) is 0.711. The maximum absolute atomic E-state index is 12.3. The molecule has 2 heterocycles. The average Bonchev–Trinajstić information content (AvgIpc) is 2.54. The number of imide groups is 1. The fourth-order valence-corrected chi connectivity index (χ4v) is 2.69. The highest BCUT2D eigenvalue weighted by Gasteiger charge is 2.33. The molecule has 7 nitrogen and oxygen atoms in total. The molecule has 1 saturated heterocycles. The number of rotatable bonds is 3. The molecule has 1 aromatic rings. The standard InChI is InChI=1S/C16H19NO6/c1-10-4-5-23-16(20)17(10)15(19)9-12(18)11-2-3-13-14(8-11)22-7-6-21-13/h2-3,8,10,12,18H,4-7,9H2,1H3. The van der Waals surface area contributed by atoms with Crippen LogP contribution in [0.5, 0.6) is 11.5 Å². The van der Waals surface area contributed by atoms with Gasteiger partial charge in [0.1, 0.15) is 13.2 Å². The Balaban J connectivity index is 1.69. The highest BCUT2D eigenvalue weighted by molar-refractivity contribution is 5.93. The van der Waals surface area contributed by atoms with Crippen molar-refractivity contribution in [3.63, 3.8) is 0 Å². The molecule has 2 aliphatic rings. The van der Waals surface area contributed by atoms with E-state index in [0.717, 1.165) is 4.90 Å². The summed E-state index contributed by atoms with van der Waals surface area (Å²) in [6, 6.07) is 4.82. The van der Waals surface area contributed by atoms with E-state index in [1.165, 1.54) is 0 Å². The first-order valence-corrected chi connectivity index (χ1v) is 7.62. The third-order valence-electron chi connectivity index (χ3n) is 3.99. The van der Waals surface area contributed by atoms with Crippen LogP contribution in [0.4, 0.5) is 4.79 Å². The van der Waals surface area contributed by atoms with Crippen LogP contribution in [0.1, 0.15) is 31.4 Å². The fourth-order valence-electron chi connectivity index (χ4n) is 2.69. The maximum atomic E-state index is 12.3. The highest BCUT2D eigenvalue weighted by Crippen LogP contribution is 2.33. The highest BCUT2D eigenvalue weighted by atomic mass is 16.6. The van der Waals surface area contributed by atoms with Crippen LogP contribution in [-0.2, 0) is 9.53 Å². The van der Waals surface area contributed by atoms with Gasteiger partial charge in [-0.2, -0.15) is 0 Å². The number of carbonyl (C=O) groups excluding carboxylic acids is 2. The van der Waals surface area contributed by atoms with E-state index in [1.807, 2.05) is 0 Å². The van der Waals surface area contributed by atoms with Crippen LogP contribution in [0.25, 0.3) is 0 Å². The van der Waals surface area contributed by atoms with E-state index >= 15 is 0 Å². The van der Waals surface area contributed by atoms with Gasteiger partial charge in [-0.3, -0.25) is 4.79 Å². The average molecular weight is 321 g/mol. The predicted molar refractivity (Wildman–Crippen MR) is 79.3 cm³/mol. The van der Waals surface area contributed by atoms with Crippen LogP contribution in [0, 0.1) is 0 Å². The largest absolute Gasteiger partial charge is 0.486 e. The van der Waals surface area contributed by atoms with E-state index in [2.05, 4.69) is 0 Å². The molecule has 23 heavy (non-hydrogen) atoms. The van der Waals surface area contributed by atoms with E-state index in [4.69, 9.17) is 14.2 Å². The molecular formula is C16H19NO6. The summed E-state index contributed by atoms with van der Waals surface area (Å²) in [4.78, 5) is 25.1. The zero-order chi connectivity index (χ0) is 16.4. The number of aliphatic hydroxyl groups is 1. The van der Waals surface area contributed by atoms with Crippen LogP contribution in [0.3, 0.4) is 0 Å². The minimum Gasteiger partial charge on any atom is -0.486 e. The van der Waals surface area contributed by atoms with E-state index in [1.54, 1.807) is 25.1 Å². The van der Waals surface area contributed by atoms with Crippen LogP contribution < -0.4 is 9.47 Å². The number of hydrogen-bond donors (Lipinski definition) is 1. The zero-order valence-electron chi connectivity index (χ0n) is 12.9. The van der Waals surface area contributed by atoms with E-state index in [-0.39, 0.29) is 12.5 Å². The van der Waals surface area contributed by atoms with Crippen LogP contribution in [0.15, 0.2) is 18.2 Å². The third kappa shape index (κ3) is 3.24. The number of fused-ring (bicyclic) bond motifs is 1. The number of amides is 2. The number of carbonyl (C=O) groups is 2. The quantitative estimate of drug-likeness (QED) is 0.911. The van der Waals surface area contributed by atoms with E-state index < -0.39 is 18.1 Å². The molecule has 0 aromatic heterocycles. The first kappa shape index (κ1) is 15.6. The maximum Gasteiger partial charge on any atom is 0.416 e. The van der Waals surface area contributed by atoms with Crippen molar-refractivity contribution in [3.8, 4) is 11.5 Å². The van der Waals surface area contributed by atoms with Gasteiger partial charge in [-0.1, -0.05) is 6.07 Å². The van der Waals surface area contributed by atoms with Crippen molar-refractivity contribution < 1.29 is 28.9 Å². The van der Waals surface area contributed by atoms with Crippen LogP contribution in [-0.4, -0.2) is 47.9 Å². The Labute approximate surface area is 133 Å². The molecule has 2 unspecified atom stereocenters. The lowest BCUT2D eigenvalue weighted by molar-refractivity contribution is -0.135. The van der Waals surface area contributed by atoms with Crippen molar-refractivity contribution in [2.75, 3.05) is 19.8 Å². The summed E-state index contributed by atoms with van der Waals surface area (Å²) in [5.41, 5.74) is 0.542. The first-order valence-electron chi connectivity index (χ1n) is 7.62. The van der Waals surface area contributed by atoms with Crippen molar-refractivity contribution >= 4 is 12.0 Å². The van der Waals surface area contributed by atoms with Gasteiger partial charge in [0.25, 0.3) is 0 Å². The smallest absolute Gasteiger partial charge is 0.416 e. The Hall–Kier alpha value is -2.28.